The summed E-state index contributed by atoms with van der Waals surface area (Å²) in [6.07, 6.45) is 11.3. The number of hydrogen-bond acceptors (Lipinski definition) is 1. The van der Waals surface area contributed by atoms with Crippen LogP contribution in [-0.4, -0.2) is 4.98 Å². The van der Waals surface area contributed by atoms with E-state index in [2.05, 4.69) is 60.5 Å². The number of benzene rings is 1. The van der Waals surface area contributed by atoms with E-state index < -0.39 is 0 Å². The Morgan fingerprint density at radius 1 is 1.00 bits per heavy atom. The molecule has 0 amide bonds. The Bertz CT molecular complexity index is 554. The van der Waals surface area contributed by atoms with Gasteiger partial charge in [-0.1, -0.05) is 48.4 Å². The van der Waals surface area contributed by atoms with E-state index in [1.165, 1.54) is 11.1 Å². The summed E-state index contributed by atoms with van der Waals surface area (Å²) >= 11 is 0. The molecule has 0 N–H and O–H groups in total. The second-order valence-corrected chi connectivity index (χ2v) is 4.32. The van der Waals surface area contributed by atoms with Crippen LogP contribution in [0.25, 0.3) is 0 Å². The van der Waals surface area contributed by atoms with Gasteiger partial charge in [0.15, 0.2) is 0 Å². The molecule has 123 valence electrons. The van der Waals surface area contributed by atoms with Gasteiger partial charge in [0.05, 0.1) is 0 Å². The molecule has 0 unspecified atom stereocenters. The molecule has 1 aromatic heterocycles. The SMILES string of the molecule is Cl.Cl.[C-]1=CC(Cc2ccccc2)=CC1.[CH2-]c1ccccn1.[CH3-].[Cr+3]. The summed E-state index contributed by atoms with van der Waals surface area (Å²) in [6.45, 7) is 3.61. The first kappa shape index (κ1) is 26.7. The Balaban J connectivity index is -0.000000324. The maximum Gasteiger partial charge on any atom is 3.00 e. The number of aromatic nitrogens is 1. The van der Waals surface area contributed by atoms with Gasteiger partial charge < -0.3 is 7.43 Å². The Labute approximate surface area is 163 Å². The van der Waals surface area contributed by atoms with E-state index >= 15 is 0 Å². The molecule has 1 aliphatic rings. The van der Waals surface area contributed by atoms with Crippen LogP contribution >= 0.6 is 24.8 Å². The zero-order valence-electron chi connectivity index (χ0n) is 13.1. The molecule has 0 spiro atoms. The van der Waals surface area contributed by atoms with Crippen molar-refractivity contribution in [2.75, 3.05) is 0 Å². The fraction of sp³-hybridized carbons (Fsp3) is 0.105. The summed E-state index contributed by atoms with van der Waals surface area (Å²) in [5.41, 5.74) is 3.59. The van der Waals surface area contributed by atoms with Gasteiger partial charge >= 0.3 is 17.4 Å². The minimum atomic E-state index is 0. The fourth-order valence-electron chi connectivity index (χ4n) is 1.79. The van der Waals surface area contributed by atoms with Crippen LogP contribution in [-0.2, 0) is 23.8 Å². The van der Waals surface area contributed by atoms with Gasteiger partial charge in [-0.3, -0.25) is 11.1 Å². The Hall–Kier alpha value is -1.17. The second-order valence-electron chi connectivity index (χ2n) is 4.32. The van der Waals surface area contributed by atoms with Gasteiger partial charge in [-0.05, 0) is 0 Å². The number of halogens is 2. The minimum Gasteiger partial charge on any atom is -0.358 e. The van der Waals surface area contributed by atoms with Gasteiger partial charge in [-0.2, -0.15) is 17.7 Å². The topological polar surface area (TPSA) is 12.9 Å². The molecular formula is C19H22Cl2CrN. The number of hydrogen-bond donors (Lipinski definition) is 0. The number of allylic oxidation sites excluding steroid dienone is 4. The van der Waals surface area contributed by atoms with Crippen molar-refractivity contribution in [3.05, 3.63) is 104 Å². The molecule has 1 aromatic carbocycles. The van der Waals surface area contributed by atoms with E-state index in [0.717, 1.165) is 18.5 Å². The van der Waals surface area contributed by atoms with E-state index in [9.17, 15) is 0 Å². The Morgan fingerprint density at radius 2 is 1.65 bits per heavy atom. The molecule has 1 nitrogen and oxygen atoms in total. The standard InChI is InChI=1S/C12H11.C6H6N.CH3.2ClH.Cr/c1-2-6-11(7-3-1)10-12-8-4-5-9-12;1-6-4-2-3-5-7-6;;;;/h1-3,6-9H,4,10H2;2-5H,1H2;1H3;2*1H;/q3*-1;;;+3. The molecule has 0 fully saturated rings. The van der Waals surface area contributed by atoms with Gasteiger partial charge in [0, 0.05) is 6.20 Å². The fourth-order valence-corrected chi connectivity index (χ4v) is 1.79. The van der Waals surface area contributed by atoms with Gasteiger partial charge in [0.25, 0.3) is 0 Å². The third kappa shape index (κ3) is 11.1. The zero-order chi connectivity index (χ0) is 13.3. The van der Waals surface area contributed by atoms with Crippen LogP contribution in [0.3, 0.4) is 0 Å². The molecule has 3 rings (SSSR count). The van der Waals surface area contributed by atoms with Crippen molar-refractivity contribution in [1.82, 2.24) is 4.98 Å². The normalized spacial score (nSPS) is 10.3. The van der Waals surface area contributed by atoms with Gasteiger partial charge in [0.1, 0.15) is 0 Å². The average Bonchev–Trinajstić information content (AvgIpc) is 2.94. The zero-order valence-corrected chi connectivity index (χ0v) is 16.1. The average molecular weight is 387 g/mol. The summed E-state index contributed by atoms with van der Waals surface area (Å²) in [4.78, 5) is 3.87. The molecule has 0 saturated carbocycles. The third-order valence-electron chi connectivity index (χ3n) is 2.75. The second kappa shape index (κ2) is 15.7. The van der Waals surface area contributed by atoms with Crippen molar-refractivity contribution in [3.8, 4) is 0 Å². The largest absolute Gasteiger partial charge is 3.00 e. The van der Waals surface area contributed by atoms with Crippen LogP contribution in [0, 0.1) is 20.4 Å². The van der Waals surface area contributed by atoms with Crippen molar-refractivity contribution < 1.29 is 17.4 Å². The quantitative estimate of drug-likeness (QED) is 0.623. The Kier molecular flexibility index (Phi) is 18.3. The van der Waals surface area contributed by atoms with E-state index in [1.54, 1.807) is 6.20 Å². The van der Waals surface area contributed by atoms with E-state index in [0.29, 0.717) is 0 Å². The maximum atomic E-state index is 3.87. The summed E-state index contributed by atoms with van der Waals surface area (Å²) in [6, 6.07) is 16.2. The molecule has 1 heterocycles. The van der Waals surface area contributed by atoms with Crippen LogP contribution in [0.15, 0.2) is 72.5 Å². The van der Waals surface area contributed by atoms with Crippen LogP contribution in [0.2, 0.25) is 0 Å². The molecule has 1 aliphatic carbocycles. The predicted molar refractivity (Wildman–Crippen MR) is 100 cm³/mol. The van der Waals surface area contributed by atoms with E-state index in [4.69, 9.17) is 0 Å². The van der Waals surface area contributed by atoms with Crippen LogP contribution < -0.4 is 0 Å². The first-order chi connectivity index (χ1) is 9.34. The van der Waals surface area contributed by atoms with Gasteiger partial charge in [0.2, 0.25) is 0 Å². The van der Waals surface area contributed by atoms with Crippen molar-refractivity contribution >= 4 is 24.8 Å². The monoisotopic (exact) mass is 386 g/mol. The Morgan fingerprint density at radius 3 is 2.09 bits per heavy atom. The summed E-state index contributed by atoms with van der Waals surface area (Å²) in [5.74, 6) is 0. The molecular weight excluding hydrogens is 365 g/mol. The molecule has 0 saturated heterocycles. The van der Waals surface area contributed by atoms with Crippen LogP contribution in [0.4, 0.5) is 0 Å². The first-order valence-corrected chi connectivity index (χ1v) is 6.37. The van der Waals surface area contributed by atoms with E-state index in [1.807, 2.05) is 18.2 Å². The van der Waals surface area contributed by atoms with Crippen molar-refractivity contribution in [2.45, 2.75) is 12.8 Å². The van der Waals surface area contributed by atoms with Gasteiger partial charge in [-0.15, -0.1) is 43.0 Å². The van der Waals surface area contributed by atoms with Crippen LogP contribution in [0.5, 0.6) is 0 Å². The predicted octanol–water partition coefficient (Wildman–Crippen LogP) is 5.47. The molecule has 23 heavy (non-hydrogen) atoms. The molecule has 1 radical (unpaired) electrons. The van der Waals surface area contributed by atoms with E-state index in [-0.39, 0.29) is 49.6 Å². The maximum absolute atomic E-state index is 3.87. The van der Waals surface area contributed by atoms with Crippen molar-refractivity contribution in [1.29, 1.82) is 0 Å². The summed E-state index contributed by atoms with van der Waals surface area (Å²) in [7, 11) is 0. The van der Waals surface area contributed by atoms with Gasteiger partial charge in [-0.25, -0.2) is 13.0 Å². The number of rotatable bonds is 2. The molecule has 4 heteroatoms. The van der Waals surface area contributed by atoms with Crippen molar-refractivity contribution in [3.63, 3.8) is 0 Å². The summed E-state index contributed by atoms with van der Waals surface area (Å²) in [5, 5.41) is 0. The number of pyridine rings is 1. The molecule has 2 aromatic rings. The van der Waals surface area contributed by atoms with Crippen molar-refractivity contribution in [2.24, 2.45) is 0 Å². The van der Waals surface area contributed by atoms with Crippen LogP contribution in [0.1, 0.15) is 17.7 Å². The first-order valence-electron chi connectivity index (χ1n) is 6.37. The summed E-state index contributed by atoms with van der Waals surface area (Å²) < 4.78 is 0. The number of nitrogens with zero attached hydrogens (tertiary/aromatic N) is 1. The molecule has 0 atom stereocenters. The molecule has 0 bridgehead atoms. The molecule has 0 aliphatic heterocycles. The smallest absolute Gasteiger partial charge is 0.358 e. The third-order valence-corrected chi connectivity index (χ3v) is 2.75. The minimum absolute atomic E-state index is 0.